The second kappa shape index (κ2) is 9.26. The second-order valence-electron chi connectivity index (χ2n) is 6.53. The van der Waals surface area contributed by atoms with Gasteiger partial charge in [0.25, 0.3) is 0 Å². The summed E-state index contributed by atoms with van der Waals surface area (Å²) < 4.78 is 5.18. The first-order chi connectivity index (χ1) is 14.0. The fourth-order valence-corrected chi connectivity index (χ4v) is 3.48. The first-order valence-electron chi connectivity index (χ1n) is 9.05. The summed E-state index contributed by atoms with van der Waals surface area (Å²) in [5.74, 6) is 0.791. The van der Waals surface area contributed by atoms with Crippen LogP contribution in [0.15, 0.2) is 59.6 Å². The van der Waals surface area contributed by atoms with Crippen molar-refractivity contribution < 1.29 is 9.53 Å². The molecule has 2 aromatic carbocycles. The number of nitriles is 1. The van der Waals surface area contributed by atoms with Crippen molar-refractivity contribution in [2.75, 3.05) is 18.2 Å². The normalized spacial score (nSPS) is 10.3. The van der Waals surface area contributed by atoms with Crippen LogP contribution in [0.5, 0.6) is 5.75 Å². The van der Waals surface area contributed by atoms with E-state index in [0.717, 1.165) is 28.3 Å². The summed E-state index contributed by atoms with van der Waals surface area (Å²) in [6, 6.07) is 19.0. The third-order valence-electron chi connectivity index (χ3n) is 4.50. The van der Waals surface area contributed by atoms with Crippen molar-refractivity contribution in [2.24, 2.45) is 0 Å². The summed E-state index contributed by atoms with van der Waals surface area (Å²) in [7, 11) is 1.62. The van der Waals surface area contributed by atoms with Crippen molar-refractivity contribution in [1.82, 2.24) is 4.98 Å². The highest BCUT2D eigenvalue weighted by atomic mass is 32.2. The van der Waals surface area contributed by atoms with E-state index in [4.69, 9.17) is 4.74 Å². The van der Waals surface area contributed by atoms with Crippen LogP contribution in [-0.2, 0) is 4.79 Å². The van der Waals surface area contributed by atoms with Crippen LogP contribution in [0.25, 0.3) is 11.3 Å². The molecule has 0 radical (unpaired) electrons. The number of amides is 1. The quantitative estimate of drug-likeness (QED) is 0.588. The van der Waals surface area contributed by atoms with Gasteiger partial charge in [0.05, 0.1) is 24.1 Å². The van der Waals surface area contributed by atoms with E-state index in [1.54, 1.807) is 19.2 Å². The van der Waals surface area contributed by atoms with E-state index in [9.17, 15) is 10.1 Å². The van der Waals surface area contributed by atoms with E-state index in [2.05, 4.69) is 16.4 Å². The van der Waals surface area contributed by atoms with Crippen molar-refractivity contribution in [3.63, 3.8) is 0 Å². The third kappa shape index (κ3) is 5.15. The number of rotatable bonds is 6. The lowest BCUT2D eigenvalue weighted by Gasteiger charge is -2.09. The summed E-state index contributed by atoms with van der Waals surface area (Å²) in [6.07, 6.45) is 0. The second-order valence-corrected chi connectivity index (χ2v) is 7.49. The Hall–Kier alpha value is -3.30. The van der Waals surface area contributed by atoms with Crippen LogP contribution in [0.1, 0.15) is 16.7 Å². The fourth-order valence-electron chi connectivity index (χ4n) is 2.71. The number of hydrogen-bond acceptors (Lipinski definition) is 5. The molecule has 29 heavy (non-hydrogen) atoms. The summed E-state index contributed by atoms with van der Waals surface area (Å²) in [6.45, 7) is 4.04. The van der Waals surface area contributed by atoms with Crippen LogP contribution in [-0.4, -0.2) is 23.8 Å². The van der Waals surface area contributed by atoms with Crippen LogP contribution in [0.3, 0.4) is 0 Å². The number of ether oxygens (including phenoxy) is 1. The van der Waals surface area contributed by atoms with E-state index in [-0.39, 0.29) is 11.7 Å². The number of aryl methyl sites for hydroxylation is 2. The van der Waals surface area contributed by atoms with Crippen molar-refractivity contribution in [3.05, 3.63) is 71.3 Å². The summed E-state index contributed by atoms with van der Waals surface area (Å²) >= 11 is 1.25. The van der Waals surface area contributed by atoms with Gasteiger partial charge in [-0.3, -0.25) is 4.79 Å². The zero-order valence-electron chi connectivity index (χ0n) is 16.5. The molecule has 1 heterocycles. The molecule has 1 N–H and O–H groups in total. The number of thioether (sulfide) groups is 1. The zero-order valence-corrected chi connectivity index (χ0v) is 17.3. The van der Waals surface area contributed by atoms with E-state index < -0.39 is 0 Å². The first kappa shape index (κ1) is 20.4. The Balaban J connectivity index is 1.72. The molecule has 0 spiro atoms. The maximum atomic E-state index is 12.4. The van der Waals surface area contributed by atoms with Gasteiger partial charge in [0.2, 0.25) is 5.91 Å². The maximum Gasteiger partial charge on any atom is 0.234 e. The van der Waals surface area contributed by atoms with Gasteiger partial charge in [-0.05, 0) is 73.5 Å². The molecule has 146 valence electrons. The summed E-state index contributed by atoms with van der Waals surface area (Å²) in [5, 5.41) is 12.8. The number of carbonyl (C=O) groups is 1. The standard InChI is InChI=1S/C23H21N3O2S/c1-15-4-8-19(12-16(15)2)25-22(27)14-29-23-18(13-24)7-11-21(26-23)17-5-9-20(28-3)10-6-17/h4-12H,14H2,1-3H3,(H,25,27). The van der Waals surface area contributed by atoms with Crippen LogP contribution in [0.2, 0.25) is 0 Å². The molecule has 0 bridgehead atoms. The molecule has 0 aliphatic carbocycles. The fraction of sp³-hybridized carbons (Fsp3) is 0.174. The minimum atomic E-state index is -0.140. The average molecular weight is 404 g/mol. The molecule has 5 nitrogen and oxygen atoms in total. The number of hydrogen-bond donors (Lipinski definition) is 1. The zero-order chi connectivity index (χ0) is 20.8. The highest BCUT2D eigenvalue weighted by Gasteiger charge is 2.11. The Morgan fingerprint density at radius 3 is 2.52 bits per heavy atom. The van der Waals surface area contributed by atoms with Crippen molar-refractivity contribution in [1.29, 1.82) is 5.26 Å². The molecule has 0 saturated heterocycles. The van der Waals surface area contributed by atoms with Gasteiger partial charge in [0.15, 0.2) is 0 Å². The molecule has 0 aliphatic heterocycles. The lowest BCUT2D eigenvalue weighted by atomic mass is 10.1. The van der Waals surface area contributed by atoms with E-state index in [1.165, 1.54) is 17.3 Å². The summed E-state index contributed by atoms with van der Waals surface area (Å²) in [5.41, 5.74) is 5.16. The molecule has 3 aromatic rings. The third-order valence-corrected chi connectivity index (χ3v) is 5.49. The van der Waals surface area contributed by atoms with Gasteiger partial charge in [-0.2, -0.15) is 5.26 Å². The minimum Gasteiger partial charge on any atom is -0.497 e. The molecular formula is C23H21N3O2S. The Morgan fingerprint density at radius 1 is 1.10 bits per heavy atom. The predicted octanol–water partition coefficient (Wildman–Crippen LogP) is 4.98. The topological polar surface area (TPSA) is 75.0 Å². The van der Waals surface area contributed by atoms with Crippen LogP contribution in [0.4, 0.5) is 5.69 Å². The van der Waals surface area contributed by atoms with E-state index in [0.29, 0.717) is 10.6 Å². The van der Waals surface area contributed by atoms with Gasteiger partial charge < -0.3 is 10.1 Å². The molecule has 0 aliphatic rings. The molecule has 6 heteroatoms. The molecule has 0 unspecified atom stereocenters. The number of carbonyl (C=O) groups excluding carboxylic acids is 1. The van der Waals surface area contributed by atoms with E-state index >= 15 is 0 Å². The molecule has 1 amide bonds. The van der Waals surface area contributed by atoms with Crippen molar-refractivity contribution in [3.8, 4) is 23.1 Å². The first-order valence-corrected chi connectivity index (χ1v) is 10.0. The van der Waals surface area contributed by atoms with Crippen LogP contribution in [0, 0.1) is 25.2 Å². The molecule has 3 rings (SSSR count). The predicted molar refractivity (Wildman–Crippen MR) is 116 cm³/mol. The number of aromatic nitrogens is 1. The largest absolute Gasteiger partial charge is 0.497 e. The minimum absolute atomic E-state index is 0.140. The summed E-state index contributed by atoms with van der Waals surface area (Å²) in [4.78, 5) is 16.9. The molecule has 0 fully saturated rings. The van der Waals surface area contributed by atoms with E-state index in [1.807, 2.05) is 56.3 Å². The monoisotopic (exact) mass is 403 g/mol. The van der Waals surface area contributed by atoms with Crippen molar-refractivity contribution in [2.45, 2.75) is 18.9 Å². The SMILES string of the molecule is COc1ccc(-c2ccc(C#N)c(SCC(=O)Nc3ccc(C)c(C)c3)n2)cc1. The molecule has 0 atom stereocenters. The number of nitrogens with zero attached hydrogens (tertiary/aromatic N) is 2. The highest BCUT2D eigenvalue weighted by molar-refractivity contribution is 8.00. The number of nitrogens with one attached hydrogen (secondary N) is 1. The lowest BCUT2D eigenvalue weighted by molar-refractivity contribution is -0.113. The molecule has 0 saturated carbocycles. The Kier molecular flexibility index (Phi) is 6.53. The smallest absolute Gasteiger partial charge is 0.234 e. The molecular weight excluding hydrogens is 382 g/mol. The number of benzene rings is 2. The van der Waals surface area contributed by atoms with Gasteiger partial charge in [0.1, 0.15) is 16.8 Å². The van der Waals surface area contributed by atoms with Gasteiger partial charge in [0, 0.05) is 11.3 Å². The molecule has 1 aromatic heterocycles. The average Bonchev–Trinajstić information content (AvgIpc) is 2.74. The number of methoxy groups -OCH3 is 1. The maximum absolute atomic E-state index is 12.4. The number of anilines is 1. The van der Waals surface area contributed by atoms with Gasteiger partial charge >= 0.3 is 0 Å². The van der Waals surface area contributed by atoms with Crippen LogP contribution < -0.4 is 10.1 Å². The Labute approximate surface area is 174 Å². The Bertz CT molecular complexity index is 1070. The van der Waals surface area contributed by atoms with Gasteiger partial charge in [-0.15, -0.1) is 0 Å². The van der Waals surface area contributed by atoms with Crippen LogP contribution >= 0.6 is 11.8 Å². The lowest BCUT2D eigenvalue weighted by Crippen LogP contribution is -2.14. The number of pyridine rings is 1. The van der Waals surface area contributed by atoms with Gasteiger partial charge in [-0.1, -0.05) is 17.8 Å². The van der Waals surface area contributed by atoms with Crippen molar-refractivity contribution >= 4 is 23.4 Å². The van der Waals surface area contributed by atoms with Gasteiger partial charge in [-0.25, -0.2) is 4.98 Å². The highest BCUT2D eigenvalue weighted by Crippen LogP contribution is 2.26. The Morgan fingerprint density at radius 2 is 1.86 bits per heavy atom.